The Balaban J connectivity index is 1.80. The van der Waals surface area contributed by atoms with Gasteiger partial charge in [0.15, 0.2) is 0 Å². The molecule has 128 valence electrons. The standard InChI is InChI=1S/C17H19F2N3O2/c1-10-7-8-22(13(9-10)14-5-3-11(2)24-14)17(23)20-12-4-6-15(18)21-16(12)19/h3-6,10,13H,7-9H2,1-2H3,(H,20,23). The summed E-state index contributed by atoms with van der Waals surface area (Å²) in [7, 11) is 0. The fraction of sp³-hybridized carbons (Fsp3) is 0.412. The number of urea groups is 1. The number of anilines is 1. The number of aromatic nitrogens is 1. The van der Waals surface area contributed by atoms with Crippen LogP contribution in [0.25, 0.3) is 0 Å². The molecule has 5 nitrogen and oxygen atoms in total. The van der Waals surface area contributed by atoms with Crippen molar-refractivity contribution in [2.75, 3.05) is 11.9 Å². The second-order valence-corrected chi connectivity index (χ2v) is 6.19. The van der Waals surface area contributed by atoms with E-state index in [1.54, 1.807) is 4.90 Å². The number of furan rings is 1. The van der Waals surface area contributed by atoms with Gasteiger partial charge in [-0.1, -0.05) is 6.92 Å². The van der Waals surface area contributed by atoms with Crippen molar-refractivity contribution in [1.29, 1.82) is 0 Å². The number of pyridine rings is 1. The van der Waals surface area contributed by atoms with Gasteiger partial charge in [-0.15, -0.1) is 0 Å². The summed E-state index contributed by atoms with van der Waals surface area (Å²) >= 11 is 0. The van der Waals surface area contributed by atoms with Crippen LogP contribution in [0.4, 0.5) is 19.3 Å². The van der Waals surface area contributed by atoms with E-state index in [4.69, 9.17) is 4.42 Å². The summed E-state index contributed by atoms with van der Waals surface area (Å²) in [6.45, 7) is 4.51. The van der Waals surface area contributed by atoms with E-state index in [-0.39, 0.29) is 11.7 Å². The highest BCUT2D eigenvalue weighted by atomic mass is 19.1. The van der Waals surface area contributed by atoms with Gasteiger partial charge in [0.2, 0.25) is 11.9 Å². The van der Waals surface area contributed by atoms with Crippen molar-refractivity contribution in [2.45, 2.75) is 32.7 Å². The van der Waals surface area contributed by atoms with Crippen molar-refractivity contribution >= 4 is 11.7 Å². The first-order valence-electron chi connectivity index (χ1n) is 7.90. The molecule has 2 atom stereocenters. The Labute approximate surface area is 138 Å². The van der Waals surface area contributed by atoms with E-state index in [9.17, 15) is 13.6 Å². The number of amides is 2. The molecular formula is C17H19F2N3O2. The largest absolute Gasteiger partial charge is 0.464 e. The van der Waals surface area contributed by atoms with Crippen molar-refractivity contribution in [1.82, 2.24) is 9.88 Å². The fourth-order valence-corrected chi connectivity index (χ4v) is 2.98. The van der Waals surface area contributed by atoms with Crippen LogP contribution >= 0.6 is 0 Å². The Morgan fingerprint density at radius 1 is 1.33 bits per heavy atom. The van der Waals surface area contributed by atoms with Crippen LogP contribution in [0.15, 0.2) is 28.7 Å². The van der Waals surface area contributed by atoms with Crippen LogP contribution in [0.1, 0.15) is 37.3 Å². The van der Waals surface area contributed by atoms with Gasteiger partial charge in [0.1, 0.15) is 11.5 Å². The number of piperidine rings is 1. The van der Waals surface area contributed by atoms with Crippen molar-refractivity contribution in [3.63, 3.8) is 0 Å². The first kappa shape index (κ1) is 16.4. The lowest BCUT2D eigenvalue weighted by Crippen LogP contribution is -2.43. The molecule has 1 fully saturated rings. The van der Waals surface area contributed by atoms with Crippen LogP contribution < -0.4 is 5.32 Å². The Morgan fingerprint density at radius 3 is 2.79 bits per heavy atom. The summed E-state index contributed by atoms with van der Waals surface area (Å²) in [5, 5.41) is 2.47. The Bertz CT molecular complexity index is 747. The molecule has 0 aromatic carbocycles. The summed E-state index contributed by atoms with van der Waals surface area (Å²) in [5.74, 6) is -0.0294. The van der Waals surface area contributed by atoms with Crippen molar-refractivity contribution in [2.24, 2.45) is 5.92 Å². The third-order valence-electron chi connectivity index (χ3n) is 4.27. The van der Waals surface area contributed by atoms with Crippen molar-refractivity contribution in [3.05, 3.63) is 47.7 Å². The minimum Gasteiger partial charge on any atom is -0.464 e. The van der Waals surface area contributed by atoms with Crippen LogP contribution in [0.2, 0.25) is 0 Å². The predicted octanol–water partition coefficient (Wildman–Crippen LogP) is 4.27. The van der Waals surface area contributed by atoms with Gasteiger partial charge in [-0.3, -0.25) is 0 Å². The molecule has 0 spiro atoms. The molecule has 1 aliphatic heterocycles. The SMILES string of the molecule is Cc1ccc(C2CC(C)CCN2C(=O)Nc2ccc(F)nc2F)o1. The van der Waals surface area contributed by atoms with Gasteiger partial charge in [0.05, 0.1) is 11.7 Å². The van der Waals surface area contributed by atoms with Crippen LogP contribution in [0, 0.1) is 24.7 Å². The minimum absolute atomic E-state index is 0.144. The highest BCUT2D eigenvalue weighted by Crippen LogP contribution is 2.35. The number of halogens is 2. The molecular weight excluding hydrogens is 316 g/mol. The number of hydrogen-bond acceptors (Lipinski definition) is 3. The molecule has 2 amide bonds. The minimum atomic E-state index is -1.04. The number of hydrogen-bond donors (Lipinski definition) is 1. The van der Waals surface area contributed by atoms with E-state index in [0.717, 1.165) is 30.7 Å². The molecule has 0 bridgehead atoms. The van der Waals surface area contributed by atoms with Gasteiger partial charge in [0.25, 0.3) is 0 Å². The molecule has 0 aliphatic carbocycles. The smallest absolute Gasteiger partial charge is 0.322 e. The summed E-state index contributed by atoms with van der Waals surface area (Å²) in [4.78, 5) is 17.3. The van der Waals surface area contributed by atoms with Crippen LogP contribution in [0.5, 0.6) is 0 Å². The molecule has 2 unspecified atom stereocenters. The number of carbonyl (C=O) groups excluding carboxylic acids is 1. The zero-order valence-electron chi connectivity index (χ0n) is 13.6. The highest BCUT2D eigenvalue weighted by molar-refractivity contribution is 5.89. The second-order valence-electron chi connectivity index (χ2n) is 6.19. The van der Waals surface area contributed by atoms with E-state index in [2.05, 4.69) is 17.2 Å². The van der Waals surface area contributed by atoms with E-state index in [0.29, 0.717) is 18.2 Å². The number of nitrogens with zero attached hydrogens (tertiary/aromatic N) is 2. The maximum absolute atomic E-state index is 13.7. The zero-order valence-corrected chi connectivity index (χ0v) is 13.6. The molecule has 1 N–H and O–H groups in total. The molecule has 0 radical (unpaired) electrons. The Morgan fingerprint density at radius 2 is 2.12 bits per heavy atom. The highest BCUT2D eigenvalue weighted by Gasteiger charge is 2.33. The third kappa shape index (κ3) is 3.39. The molecule has 1 aliphatic rings. The van der Waals surface area contributed by atoms with Gasteiger partial charge in [-0.2, -0.15) is 13.8 Å². The molecule has 2 aromatic rings. The lowest BCUT2D eigenvalue weighted by molar-refractivity contribution is 0.128. The van der Waals surface area contributed by atoms with Crippen LogP contribution in [0.3, 0.4) is 0 Å². The van der Waals surface area contributed by atoms with E-state index >= 15 is 0 Å². The van der Waals surface area contributed by atoms with Gasteiger partial charge < -0.3 is 14.6 Å². The normalized spacial score (nSPS) is 20.9. The maximum atomic E-state index is 13.7. The average molecular weight is 335 g/mol. The number of carbonyl (C=O) groups is 1. The summed E-state index contributed by atoms with van der Waals surface area (Å²) in [5.41, 5.74) is -0.144. The Hall–Kier alpha value is -2.44. The summed E-state index contributed by atoms with van der Waals surface area (Å²) < 4.78 is 32.2. The lowest BCUT2D eigenvalue weighted by Gasteiger charge is -2.37. The molecule has 0 saturated carbocycles. The fourth-order valence-electron chi connectivity index (χ4n) is 2.98. The number of rotatable bonds is 2. The number of likely N-dealkylation sites (tertiary alicyclic amines) is 1. The number of nitrogens with one attached hydrogen (secondary N) is 1. The topological polar surface area (TPSA) is 58.4 Å². The molecule has 24 heavy (non-hydrogen) atoms. The maximum Gasteiger partial charge on any atom is 0.322 e. The average Bonchev–Trinajstić information content (AvgIpc) is 2.96. The summed E-state index contributed by atoms with van der Waals surface area (Å²) in [6, 6.07) is 5.22. The van der Waals surface area contributed by atoms with Crippen LogP contribution in [-0.2, 0) is 0 Å². The second kappa shape index (κ2) is 6.59. The molecule has 7 heteroatoms. The molecule has 1 saturated heterocycles. The van der Waals surface area contributed by atoms with E-state index < -0.39 is 17.9 Å². The van der Waals surface area contributed by atoms with Gasteiger partial charge in [-0.05, 0) is 49.9 Å². The number of aryl methyl sites for hydroxylation is 1. The molecule has 3 rings (SSSR count). The van der Waals surface area contributed by atoms with E-state index in [1.165, 1.54) is 0 Å². The Kier molecular flexibility index (Phi) is 4.51. The quantitative estimate of drug-likeness (QED) is 0.834. The summed E-state index contributed by atoms with van der Waals surface area (Å²) in [6.07, 6.45) is 1.62. The first-order chi connectivity index (χ1) is 11.4. The molecule has 2 aromatic heterocycles. The van der Waals surface area contributed by atoms with Crippen molar-refractivity contribution < 1.29 is 18.0 Å². The zero-order chi connectivity index (χ0) is 17.3. The third-order valence-corrected chi connectivity index (χ3v) is 4.27. The van der Waals surface area contributed by atoms with Crippen molar-refractivity contribution in [3.8, 4) is 0 Å². The monoisotopic (exact) mass is 335 g/mol. The van der Waals surface area contributed by atoms with Gasteiger partial charge >= 0.3 is 6.03 Å². The van der Waals surface area contributed by atoms with E-state index in [1.807, 2.05) is 19.1 Å². The van der Waals surface area contributed by atoms with Gasteiger partial charge in [-0.25, -0.2) is 4.79 Å². The predicted molar refractivity (Wildman–Crippen MR) is 84.5 cm³/mol. The van der Waals surface area contributed by atoms with Crippen LogP contribution in [-0.4, -0.2) is 22.5 Å². The molecule has 3 heterocycles. The van der Waals surface area contributed by atoms with Gasteiger partial charge in [0, 0.05) is 6.54 Å². The lowest BCUT2D eigenvalue weighted by atomic mass is 9.91. The first-order valence-corrected chi connectivity index (χ1v) is 7.90.